The fourth-order valence-corrected chi connectivity index (χ4v) is 3.02. The average molecular weight is 198 g/mol. The summed E-state index contributed by atoms with van der Waals surface area (Å²) in [4.78, 5) is 0. The molecule has 2 unspecified atom stereocenters. The van der Waals surface area contributed by atoms with Gasteiger partial charge in [0.2, 0.25) is 0 Å². The van der Waals surface area contributed by atoms with Gasteiger partial charge in [-0.1, -0.05) is 0 Å². The summed E-state index contributed by atoms with van der Waals surface area (Å²) in [5.74, 6) is 14.8. The summed E-state index contributed by atoms with van der Waals surface area (Å²) in [5, 5.41) is 0. The van der Waals surface area contributed by atoms with Crippen molar-refractivity contribution in [2.75, 3.05) is 11.5 Å². The van der Waals surface area contributed by atoms with E-state index in [1.165, 1.54) is 17.9 Å². The van der Waals surface area contributed by atoms with E-state index in [9.17, 15) is 0 Å². The van der Waals surface area contributed by atoms with Crippen LogP contribution >= 0.6 is 11.8 Å². The Bertz CT molecular complexity index is 189. The summed E-state index contributed by atoms with van der Waals surface area (Å²) in [6, 6.07) is 0.468. The minimum absolute atomic E-state index is 0.468. The number of nitrogens with one attached hydrogen (secondary N) is 1. The summed E-state index contributed by atoms with van der Waals surface area (Å²) in [7, 11) is 0. The zero-order valence-corrected chi connectivity index (χ0v) is 8.99. The van der Waals surface area contributed by atoms with E-state index in [4.69, 9.17) is 5.84 Å². The summed E-state index contributed by atoms with van der Waals surface area (Å²) < 4.78 is 0. The van der Waals surface area contributed by atoms with Crippen molar-refractivity contribution in [1.29, 1.82) is 0 Å². The van der Waals surface area contributed by atoms with Crippen LogP contribution in [0.2, 0.25) is 0 Å². The molecule has 0 aromatic rings. The van der Waals surface area contributed by atoms with Gasteiger partial charge in [0, 0.05) is 12.5 Å². The van der Waals surface area contributed by atoms with Crippen molar-refractivity contribution < 1.29 is 0 Å². The molecule has 0 bridgehead atoms. The second kappa shape index (κ2) is 6.31. The Morgan fingerprint density at radius 2 is 2.54 bits per heavy atom. The zero-order valence-electron chi connectivity index (χ0n) is 8.18. The minimum Gasteiger partial charge on any atom is -0.271 e. The molecule has 3 N–H and O–H groups in total. The molecule has 0 saturated carbocycles. The summed E-state index contributed by atoms with van der Waals surface area (Å²) >= 11 is 2.03. The maximum Gasteiger partial charge on any atom is 0.0256 e. The van der Waals surface area contributed by atoms with Crippen molar-refractivity contribution >= 4 is 11.8 Å². The van der Waals surface area contributed by atoms with Crippen molar-refractivity contribution in [3.63, 3.8) is 0 Å². The van der Waals surface area contributed by atoms with Gasteiger partial charge in [0.15, 0.2) is 0 Å². The smallest absolute Gasteiger partial charge is 0.0256 e. The lowest BCUT2D eigenvalue weighted by Crippen LogP contribution is -2.40. The molecular weight excluding hydrogens is 180 g/mol. The molecule has 2 atom stereocenters. The molecule has 0 aliphatic carbocycles. The first-order valence-electron chi connectivity index (χ1n) is 4.82. The van der Waals surface area contributed by atoms with Crippen LogP contribution in [0.5, 0.6) is 0 Å². The highest BCUT2D eigenvalue weighted by atomic mass is 32.2. The minimum atomic E-state index is 0.468. The Morgan fingerprint density at radius 3 is 3.08 bits per heavy atom. The fraction of sp³-hybridized carbons (Fsp3) is 0.800. The van der Waals surface area contributed by atoms with Gasteiger partial charge in [0.05, 0.1) is 0 Å². The van der Waals surface area contributed by atoms with Crippen LogP contribution in [0.15, 0.2) is 0 Å². The SMILES string of the molecule is CC#CCCC(NN)C1CCSC1. The third kappa shape index (κ3) is 3.60. The summed E-state index contributed by atoms with van der Waals surface area (Å²) in [6.45, 7) is 1.89. The average Bonchev–Trinajstić information content (AvgIpc) is 2.65. The van der Waals surface area contributed by atoms with Gasteiger partial charge in [-0.3, -0.25) is 11.3 Å². The van der Waals surface area contributed by atoms with Gasteiger partial charge in [-0.2, -0.15) is 11.8 Å². The lowest BCUT2D eigenvalue weighted by molar-refractivity contribution is 0.371. The first kappa shape index (κ1) is 10.9. The molecule has 1 heterocycles. The third-order valence-corrected chi connectivity index (χ3v) is 3.69. The van der Waals surface area contributed by atoms with E-state index in [-0.39, 0.29) is 0 Å². The number of nitrogens with two attached hydrogens (primary N) is 1. The molecule has 13 heavy (non-hydrogen) atoms. The van der Waals surface area contributed by atoms with Gasteiger partial charge in [-0.05, 0) is 37.2 Å². The fourth-order valence-electron chi connectivity index (χ4n) is 1.68. The van der Waals surface area contributed by atoms with Crippen molar-refractivity contribution in [2.45, 2.75) is 32.2 Å². The van der Waals surface area contributed by atoms with E-state index in [0.29, 0.717) is 6.04 Å². The van der Waals surface area contributed by atoms with E-state index in [1.54, 1.807) is 0 Å². The second-order valence-corrected chi connectivity index (χ2v) is 4.51. The highest BCUT2D eigenvalue weighted by molar-refractivity contribution is 7.99. The maximum absolute atomic E-state index is 5.53. The van der Waals surface area contributed by atoms with E-state index >= 15 is 0 Å². The van der Waals surface area contributed by atoms with Crippen LogP contribution < -0.4 is 11.3 Å². The monoisotopic (exact) mass is 198 g/mol. The molecular formula is C10H18N2S. The number of thioether (sulfide) groups is 1. The van der Waals surface area contributed by atoms with E-state index in [2.05, 4.69) is 17.3 Å². The Morgan fingerprint density at radius 1 is 1.69 bits per heavy atom. The first-order chi connectivity index (χ1) is 6.38. The molecule has 0 aromatic heterocycles. The van der Waals surface area contributed by atoms with Gasteiger partial charge >= 0.3 is 0 Å². The van der Waals surface area contributed by atoms with Crippen molar-refractivity contribution in [3.05, 3.63) is 0 Å². The lowest BCUT2D eigenvalue weighted by Gasteiger charge is -2.20. The molecule has 1 rings (SSSR count). The molecule has 3 heteroatoms. The van der Waals surface area contributed by atoms with Gasteiger partial charge in [-0.25, -0.2) is 0 Å². The summed E-state index contributed by atoms with van der Waals surface area (Å²) in [6.07, 6.45) is 3.36. The highest BCUT2D eigenvalue weighted by Crippen LogP contribution is 2.27. The predicted octanol–water partition coefficient (Wildman–Crippen LogP) is 1.37. The molecule has 2 nitrogen and oxygen atoms in total. The molecule has 74 valence electrons. The van der Waals surface area contributed by atoms with Gasteiger partial charge < -0.3 is 0 Å². The largest absolute Gasteiger partial charge is 0.271 e. The van der Waals surface area contributed by atoms with Crippen molar-refractivity contribution in [3.8, 4) is 11.8 Å². The van der Waals surface area contributed by atoms with Gasteiger partial charge in [-0.15, -0.1) is 11.8 Å². The lowest BCUT2D eigenvalue weighted by atomic mass is 9.96. The second-order valence-electron chi connectivity index (χ2n) is 3.36. The number of hydrazine groups is 1. The van der Waals surface area contributed by atoms with E-state index in [1.807, 2.05) is 18.7 Å². The Hall–Kier alpha value is -0.170. The maximum atomic E-state index is 5.53. The molecule has 1 fully saturated rings. The zero-order chi connectivity index (χ0) is 9.52. The molecule has 0 aromatic carbocycles. The first-order valence-corrected chi connectivity index (χ1v) is 5.97. The normalized spacial score (nSPS) is 23.7. The van der Waals surface area contributed by atoms with Crippen LogP contribution in [0, 0.1) is 17.8 Å². The molecule has 1 aliphatic rings. The van der Waals surface area contributed by atoms with E-state index < -0.39 is 0 Å². The summed E-state index contributed by atoms with van der Waals surface area (Å²) in [5.41, 5.74) is 2.92. The molecule has 0 amide bonds. The molecule has 0 spiro atoms. The Balaban J connectivity index is 2.27. The molecule has 0 radical (unpaired) electrons. The third-order valence-electron chi connectivity index (χ3n) is 2.51. The Kier molecular flexibility index (Phi) is 5.29. The van der Waals surface area contributed by atoms with Gasteiger partial charge in [0.1, 0.15) is 0 Å². The van der Waals surface area contributed by atoms with Crippen LogP contribution in [0.1, 0.15) is 26.2 Å². The van der Waals surface area contributed by atoms with Gasteiger partial charge in [0.25, 0.3) is 0 Å². The molecule has 1 saturated heterocycles. The quantitative estimate of drug-likeness (QED) is 0.407. The van der Waals surface area contributed by atoms with Crippen LogP contribution in [0.3, 0.4) is 0 Å². The predicted molar refractivity (Wildman–Crippen MR) is 59.2 cm³/mol. The van der Waals surface area contributed by atoms with E-state index in [0.717, 1.165) is 18.8 Å². The van der Waals surface area contributed by atoms with Crippen LogP contribution in [0.25, 0.3) is 0 Å². The van der Waals surface area contributed by atoms with Crippen LogP contribution in [0.4, 0.5) is 0 Å². The Labute approximate surface area is 85.0 Å². The van der Waals surface area contributed by atoms with Crippen LogP contribution in [-0.2, 0) is 0 Å². The topological polar surface area (TPSA) is 38.0 Å². The standard InChI is InChI=1S/C10H18N2S/c1-2-3-4-5-10(12-11)9-6-7-13-8-9/h9-10,12H,4-8,11H2,1H3. The van der Waals surface area contributed by atoms with Crippen molar-refractivity contribution in [2.24, 2.45) is 11.8 Å². The van der Waals surface area contributed by atoms with Crippen LogP contribution in [-0.4, -0.2) is 17.5 Å². The number of hydrogen-bond donors (Lipinski definition) is 2. The van der Waals surface area contributed by atoms with Crippen molar-refractivity contribution in [1.82, 2.24) is 5.43 Å². The molecule has 1 aliphatic heterocycles. The number of hydrogen-bond acceptors (Lipinski definition) is 3. The number of rotatable bonds is 4. The highest BCUT2D eigenvalue weighted by Gasteiger charge is 2.23.